The standard InChI is InChI=1S/C13H24N2O4/c1-3-5-9-19-10-6-8-14-13(18)15-11(7-4-2)12(16)17/h4,11H,2-3,5-10H2,1H3,(H,16,17)(H2,14,15,18). The molecule has 0 spiro atoms. The molecule has 0 radical (unpaired) electrons. The van der Waals surface area contributed by atoms with Gasteiger partial charge in [0.2, 0.25) is 0 Å². The molecule has 0 aromatic heterocycles. The van der Waals surface area contributed by atoms with E-state index in [2.05, 4.69) is 24.1 Å². The molecule has 2 amide bonds. The Hall–Kier alpha value is -1.56. The van der Waals surface area contributed by atoms with E-state index in [-0.39, 0.29) is 6.42 Å². The number of nitrogens with one attached hydrogen (secondary N) is 2. The van der Waals surface area contributed by atoms with Gasteiger partial charge in [0.25, 0.3) is 0 Å². The summed E-state index contributed by atoms with van der Waals surface area (Å²) in [5.74, 6) is -1.07. The first-order valence-corrected chi connectivity index (χ1v) is 6.57. The molecule has 0 aliphatic heterocycles. The van der Waals surface area contributed by atoms with Crippen LogP contribution in [0.15, 0.2) is 12.7 Å². The molecule has 0 heterocycles. The summed E-state index contributed by atoms with van der Waals surface area (Å²) < 4.78 is 5.33. The minimum absolute atomic E-state index is 0.197. The van der Waals surface area contributed by atoms with Gasteiger partial charge in [-0.3, -0.25) is 0 Å². The summed E-state index contributed by atoms with van der Waals surface area (Å²) in [5.41, 5.74) is 0. The number of hydrogen-bond acceptors (Lipinski definition) is 3. The minimum Gasteiger partial charge on any atom is -0.480 e. The largest absolute Gasteiger partial charge is 0.480 e. The van der Waals surface area contributed by atoms with Crippen molar-refractivity contribution >= 4 is 12.0 Å². The maximum absolute atomic E-state index is 11.4. The second-order valence-corrected chi connectivity index (χ2v) is 4.13. The SMILES string of the molecule is C=CCC(NC(=O)NCCCOCCCC)C(=O)O. The number of ether oxygens (including phenoxy) is 1. The van der Waals surface area contributed by atoms with Crippen molar-refractivity contribution in [1.29, 1.82) is 0 Å². The van der Waals surface area contributed by atoms with Crippen LogP contribution in [0.25, 0.3) is 0 Å². The van der Waals surface area contributed by atoms with Crippen molar-refractivity contribution in [3.63, 3.8) is 0 Å². The Balaban J connectivity index is 3.62. The number of unbranched alkanes of at least 4 members (excludes halogenated alkanes) is 1. The molecule has 0 aliphatic rings. The Labute approximate surface area is 114 Å². The molecule has 0 aromatic carbocycles. The van der Waals surface area contributed by atoms with Gasteiger partial charge in [-0.15, -0.1) is 6.58 Å². The number of urea groups is 1. The third-order valence-electron chi connectivity index (χ3n) is 2.40. The highest BCUT2D eigenvalue weighted by molar-refractivity contribution is 5.82. The zero-order chi connectivity index (χ0) is 14.5. The third-order valence-corrected chi connectivity index (χ3v) is 2.40. The Kier molecular flexibility index (Phi) is 10.6. The quantitative estimate of drug-likeness (QED) is 0.393. The number of aliphatic carboxylic acids is 1. The van der Waals surface area contributed by atoms with E-state index in [1.807, 2.05) is 0 Å². The average molecular weight is 272 g/mol. The molecular weight excluding hydrogens is 248 g/mol. The van der Waals surface area contributed by atoms with E-state index in [4.69, 9.17) is 9.84 Å². The first kappa shape index (κ1) is 17.4. The maximum atomic E-state index is 11.4. The van der Waals surface area contributed by atoms with Crippen LogP contribution in [0.3, 0.4) is 0 Å². The molecule has 19 heavy (non-hydrogen) atoms. The van der Waals surface area contributed by atoms with Gasteiger partial charge in [0, 0.05) is 19.8 Å². The Morgan fingerprint density at radius 3 is 2.63 bits per heavy atom. The van der Waals surface area contributed by atoms with Gasteiger partial charge in [-0.05, 0) is 19.3 Å². The lowest BCUT2D eigenvalue weighted by molar-refractivity contribution is -0.139. The van der Waals surface area contributed by atoms with Crippen molar-refractivity contribution in [2.75, 3.05) is 19.8 Å². The molecule has 0 saturated carbocycles. The summed E-state index contributed by atoms with van der Waals surface area (Å²) in [4.78, 5) is 22.2. The fourth-order valence-electron chi connectivity index (χ4n) is 1.32. The van der Waals surface area contributed by atoms with E-state index in [9.17, 15) is 9.59 Å². The highest BCUT2D eigenvalue weighted by Crippen LogP contribution is 1.93. The fourth-order valence-corrected chi connectivity index (χ4v) is 1.32. The number of hydrogen-bond donors (Lipinski definition) is 3. The minimum atomic E-state index is -1.07. The van der Waals surface area contributed by atoms with Crippen molar-refractivity contribution in [2.24, 2.45) is 0 Å². The molecule has 0 saturated heterocycles. The number of carbonyl (C=O) groups is 2. The summed E-state index contributed by atoms with van der Waals surface area (Å²) >= 11 is 0. The van der Waals surface area contributed by atoms with Crippen LogP contribution < -0.4 is 10.6 Å². The van der Waals surface area contributed by atoms with Gasteiger partial charge < -0.3 is 20.5 Å². The normalized spacial score (nSPS) is 11.6. The zero-order valence-electron chi connectivity index (χ0n) is 11.5. The molecule has 0 bridgehead atoms. The number of carbonyl (C=O) groups excluding carboxylic acids is 1. The summed E-state index contributed by atoms with van der Waals surface area (Å²) in [6, 6.07) is -1.42. The number of carboxylic acid groups (broad SMARTS) is 1. The maximum Gasteiger partial charge on any atom is 0.326 e. The molecule has 0 aliphatic carbocycles. The summed E-state index contributed by atoms with van der Waals surface area (Å²) in [5, 5.41) is 13.8. The lowest BCUT2D eigenvalue weighted by Crippen LogP contribution is -2.46. The van der Waals surface area contributed by atoms with E-state index < -0.39 is 18.0 Å². The van der Waals surface area contributed by atoms with Gasteiger partial charge in [0.05, 0.1) is 0 Å². The van der Waals surface area contributed by atoms with Crippen molar-refractivity contribution in [3.8, 4) is 0 Å². The van der Waals surface area contributed by atoms with Crippen molar-refractivity contribution < 1.29 is 19.4 Å². The molecule has 0 fully saturated rings. The fraction of sp³-hybridized carbons (Fsp3) is 0.692. The highest BCUT2D eigenvalue weighted by Gasteiger charge is 2.17. The smallest absolute Gasteiger partial charge is 0.326 e. The summed E-state index contributed by atoms with van der Waals surface area (Å²) in [6.07, 6.45) is 4.50. The predicted octanol–water partition coefficient (Wildman–Crippen LogP) is 1.52. The zero-order valence-corrected chi connectivity index (χ0v) is 11.5. The van der Waals surface area contributed by atoms with Gasteiger partial charge in [0.1, 0.15) is 6.04 Å². The molecule has 110 valence electrons. The van der Waals surface area contributed by atoms with Crippen LogP contribution >= 0.6 is 0 Å². The van der Waals surface area contributed by atoms with Gasteiger partial charge >= 0.3 is 12.0 Å². The third kappa shape index (κ3) is 10.1. The van der Waals surface area contributed by atoms with Crippen LogP contribution in [0.1, 0.15) is 32.6 Å². The first-order valence-electron chi connectivity index (χ1n) is 6.57. The number of rotatable bonds is 11. The van der Waals surface area contributed by atoms with E-state index in [1.165, 1.54) is 6.08 Å². The van der Waals surface area contributed by atoms with Crippen LogP contribution in [0.5, 0.6) is 0 Å². The lowest BCUT2D eigenvalue weighted by atomic mass is 10.2. The van der Waals surface area contributed by atoms with E-state index in [0.29, 0.717) is 19.6 Å². The molecule has 0 rings (SSSR count). The van der Waals surface area contributed by atoms with E-state index in [1.54, 1.807) is 0 Å². The summed E-state index contributed by atoms with van der Waals surface area (Å²) in [7, 11) is 0. The van der Waals surface area contributed by atoms with Crippen LogP contribution in [0.2, 0.25) is 0 Å². The molecule has 6 heteroatoms. The first-order chi connectivity index (χ1) is 9.11. The average Bonchev–Trinajstić information content (AvgIpc) is 2.37. The van der Waals surface area contributed by atoms with Crippen LogP contribution in [-0.2, 0) is 9.53 Å². The molecule has 1 atom stereocenters. The second kappa shape index (κ2) is 11.5. The number of amides is 2. The van der Waals surface area contributed by atoms with E-state index >= 15 is 0 Å². The second-order valence-electron chi connectivity index (χ2n) is 4.13. The Bertz CT molecular complexity index is 282. The van der Waals surface area contributed by atoms with Gasteiger partial charge in [-0.1, -0.05) is 19.4 Å². The van der Waals surface area contributed by atoms with Crippen molar-refractivity contribution in [3.05, 3.63) is 12.7 Å². The Morgan fingerprint density at radius 1 is 1.37 bits per heavy atom. The molecule has 3 N–H and O–H groups in total. The van der Waals surface area contributed by atoms with Crippen molar-refractivity contribution in [2.45, 2.75) is 38.6 Å². The summed E-state index contributed by atoms with van der Waals surface area (Å²) in [6.45, 7) is 7.33. The molecule has 6 nitrogen and oxygen atoms in total. The molecule has 1 unspecified atom stereocenters. The monoisotopic (exact) mass is 272 g/mol. The van der Waals surface area contributed by atoms with Gasteiger partial charge in [0.15, 0.2) is 0 Å². The van der Waals surface area contributed by atoms with Gasteiger partial charge in [-0.2, -0.15) is 0 Å². The predicted molar refractivity (Wildman–Crippen MR) is 73.1 cm³/mol. The molecule has 0 aromatic rings. The highest BCUT2D eigenvalue weighted by atomic mass is 16.5. The van der Waals surface area contributed by atoms with Crippen molar-refractivity contribution in [1.82, 2.24) is 10.6 Å². The number of carboxylic acids is 1. The van der Waals surface area contributed by atoms with Crippen LogP contribution in [0, 0.1) is 0 Å². The van der Waals surface area contributed by atoms with E-state index in [0.717, 1.165) is 19.4 Å². The topological polar surface area (TPSA) is 87.7 Å². The van der Waals surface area contributed by atoms with Gasteiger partial charge in [-0.25, -0.2) is 9.59 Å². The molecular formula is C13H24N2O4. The van der Waals surface area contributed by atoms with Crippen LogP contribution in [-0.4, -0.2) is 42.9 Å². The Morgan fingerprint density at radius 2 is 2.05 bits per heavy atom. The lowest BCUT2D eigenvalue weighted by Gasteiger charge is -2.13. The van der Waals surface area contributed by atoms with Crippen LogP contribution in [0.4, 0.5) is 4.79 Å².